The molecule has 2 saturated heterocycles. The second kappa shape index (κ2) is 10.3. The molecule has 0 radical (unpaired) electrons. The van der Waals surface area contributed by atoms with E-state index in [1.807, 2.05) is 0 Å². The molecule has 1 aromatic carbocycles. The largest absolute Gasteiger partial charge is 0.416 e. The molecule has 12 heteroatoms. The van der Waals surface area contributed by atoms with Gasteiger partial charge in [-0.2, -0.15) is 18.2 Å². The number of morpholine rings is 1. The first-order chi connectivity index (χ1) is 15.2. The highest BCUT2D eigenvalue weighted by molar-refractivity contribution is 5.85. The number of halogens is 4. The lowest BCUT2D eigenvalue weighted by molar-refractivity contribution is -0.137. The molecule has 0 spiro atoms. The highest BCUT2D eigenvalue weighted by Crippen LogP contribution is 2.37. The number of carbonyl (C=O) groups excluding carboxylic acids is 1. The van der Waals surface area contributed by atoms with Gasteiger partial charge >= 0.3 is 12.2 Å². The van der Waals surface area contributed by atoms with E-state index in [-0.39, 0.29) is 30.3 Å². The number of hydrogen-bond donors (Lipinski definition) is 1. The number of rotatable bonds is 3. The number of carbonyl (C=O) groups is 1. The van der Waals surface area contributed by atoms with E-state index in [4.69, 9.17) is 15.0 Å². The molecule has 8 nitrogen and oxygen atoms in total. The van der Waals surface area contributed by atoms with Crippen molar-refractivity contribution in [3.05, 3.63) is 47.1 Å². The Morgan fingerprint density at radius 2 is 1.76 bits per heavy atom. The molecule has 3 atom stereocenters. The lowest BCUT2D eigenvalue weighted by atomic mass is 9.84. The fourth-order valence-electron chi connectivity index (χ4n) is 4.18. The summed E-state index contributed by atoms with van der Waals surface area (Å²) < 4.78 is 49.5. The second-order valence-corrected chi connectivity index (χ2v) is 8.32. The van der Waals surface area contributed by atoms with E-state index >= 15 is 0 Å². The van der Waals surface area contributed by atoms with Gasteiger partial charge in [-0.15, -0.1) is 12.4 Å². The van der Waals surface area contributed by atoms with Crippen LogP contribution in [-0.4, -0.2) is 65.4 Å². The number of benzene rings is 1. The van der Waals surface area contributed by atoms with Gasteiger partial charge in [-0.25, -0.2) is 4.79 Å². The maximum Gasteiger partial charge on any atom is 0.416 e. The first-order valence-electron chi connectivity index (χ1n) is 10.6. The molecule has 2 N–H and O–H groups in total. The van der Waals surface area contributed by atoms with E-state index in [1.165, 1.54) is 12.1 Å². The summed E-state index contributed by atoms with van der Waals surface area (Å²) in [5.74, 6) is 0.368. The van der Waals surface area contributed by atoms with Gasteiger partial charge in [-0.3, -0.25) is 0 Å². The summed E-state index contributed by atoms with van der Waals surface area (Å²) in [5.41, 5.74) is 5.86. The Morgan fingerprint density at radius 1 is 1.12 bits per heavy atom. The van der Waals surface area contributed by atoms with Crippen molar-refractivity contribution in [3.63, 3.8) is 0 Å². The summed E-state index contributed by atoms with van der Waals surface area (Å²) in [6.45, 7) is 4.49. The predicted molar refractivity (Wildman–Crippen MR) is 115 cm³/mol. The monoisotopic (exact) mass is 489 g/mol. The number of hydrogen-bond acceptors (Lipinski definition) is 6. The minimum absolute atomic E-state index is 0. The first kappa shape index (κ1) is 25.3. The third-order valence-corrected chi connectivity index (χ3v) is 5.92. The van der Waals surface area contributed by atoms with E-state index in [9.17, 15) is 18.0 Å². The van der Waals surface area contributed by atoms with Crippen LogP contribution in [0.4, 0.5) is 18.0 Å². The van der Waals surface area contributed by atoms with Gasteiger partial charge in [0.05, 0.1) is 24.8 Å². The van der Waals surface area contributed by atoms with Gasteiger partial charge in [0.2, 0.25) is 5.89 Å². The molecule has 2 amide bonds. The van der Waals surface area contributed by atoms with Crippen molar-refractivity contribution in [2.24, 2.45) is 5.73 Å². The molecule has 0 saturated carbocycles. The molecule has 4 rings (SSSR count). The molecule has 2 aliphatic heterocycles. The zero-order valence-corrected chi connectivity index (χ0v) is 18.9. The van der Waals surface area contributed by atoms with Crippen LogP contribution in [0, 0.1) is 0 Å². The molecule has 3 heterocycles. The number of likely N-dealkylation sites (tertiary alicyclic amines) is 1. The van der Waals surface area contributed by atoms with Gasteiger partial charge < -0.3 is 24.8 Å². The molecular weight excluding hydrogens is 463 g/mol. The zero-order valence-electron chi connectivity index (χ0n) is 18.1. The van der Waals surface area contributed by atoms with Crippen molar-refractivity contribution in [1.29, 1.82) is 0 Å². The van der Waals surface area contributed by atoms with Crippen molar-refractivity contribution >= 4 is 18.4 Å². The van der Waals surface area contributed by atoms with Crippen LogP contribution < -0.4 is 5.73 Å². The molecule has 182 valence electrons. The topological polar surface area (TPSA) is 97.7 Å². The molecular formula is C21H27ClF3N5O3. The number of urea groups is 1. The van der Waals surface area contributed by atoms with Crippen LogP contribution in [0.1, 0.15) is 54.1 Å². The predicted octanol–water partition coefficient (Wildman–Crippen LogP) is 3.56. The van der Waals surface area contributed by atoms with Crippen LogP contribution in [0.15, 0.2) is 28.8 Å². The quantitative estimate of drug-likeness (QED) is 0.708. The number of aromatic nitrogens is 2. The Balaban J connectivity index is 0.00000306. The number of amides is 2. The van der Waals surface area contributed by atoms with E-state index in [0.717, 1.165) is 17.7 Å². The normalized spacial score (nSPS) is 22.6. The summed E-state index contributed by atoms with van der Waals surface area (Å²) in [6, 6.07) is 4.58. The lowest BCUT2D eigenvalue weighted by Crippen LogP contribution is -2.52. The standard InChI is InChI=1S/C21H26F3N5O3.ClH/c1-13(25)19-26-18(27-32-19)16-10-15(14-2-4-17(5-3-14)21(22,23)24)11-29(12-16)20(30)28-6-8-31-9-7-28;/h2-5,13,15-16H,6-12,25H2,1H3;1H. The molecule has 3 unspecified atom stereocenters. The summed E-state index contributed by atoms with van der Waals surface area (Å²) in [4.78, 5) is 21.0. The minimum Gasteiger partial charge on any atom is -0.378 e. The summed E-state index contributed by atoms with van der Waals surface area (Å²) in [7, 11) is 0. The third-order valence-electron chi connectivity index (χ3n) is 5.92. The smallest absolute Gasteiger partial charge is 0.378 e. The molecule has 33 heavy (non-hydrogen) atoms. The van der Waals surface area contributed by atoms with E-state index in [1.54, 1.807) is 16.7 Å². The Morgan fingerprint density at radius 3 is 2.33 bits per heavy atom. The Labute approximate surface area is 195 Å². The molecule has 2 aromatic rings. The highest BCUT2D eigenvalue weighted by atomic mass is 35.5. The van der Waals surface area contributed by atoms with Crippen LogP contribution in [0.2, 0.25) is 0 Å². The molecule has 0 bridgehead atoms. The number of nitrogens with two attached hydrogens (primary N) is 1. The SMILES string of the molecule is CC(N)c1nc(C2CC(c3ccc(C(F)(F)F)cc3)CN(C(=O)N3CCOCC3)C2)no1.Cl. The summed E-state index contributed by atoms with van der Waals surface area (Å²) in [6.07, 6.45) is -3.82. The van der Waals surface area contributed by atoms with Crippen molar-refractivity contribution < 1.29 is 27.2 Å². The van der Waals surface area contributed by atoms with Gasteiger partial charge in [0.25, 0.3) is 0 Å². The van der Waals surface area contributed by atoms with E-state index in [2.05, 4.69) is 10.1 Å². The summed E-state index contributed by atoms with van der Waals surface area (Å²) >= 11 is 0. The van der Waals surface area contributed by atoms with Crippen LogP contribution in [0.25, 0.3) is 0 Å². The first-order valence-corrected chi connectivity index (χ1v) is 10.6. The van der Waals surface area contributed by atoms with Crippen LogP contribution >= 0.6 is 12.4 Å². The fraction of sp³-hybridized carbons (Fsp3) is 0.571. The lowest BCUT2D eigenvalue weighted by Gasteiger charge is -2.40. The van der Waals surface area contributed by atoms with Crippen molar-refractivity contribution in [2.45, 2.75) is 37.4 Å². The molecule has 0 aliphatic carbocycles. The van der Waals surface area contributed by atoms with E-state index < -0.39 is 17.8 Å². The Kier molecular flexibility index (Phi) is 7.86. The van der Waals surface area contributed by atoms with Gasteiger partial charge in [0.1, 0.15) is 0 Å². The molecule has 2 aliphatic rings. The Hall–Kier alpha value is -2.37. The van der Waals surface area contributed by atoms with E-state index in [0.29, 0.717) is 57.5 Å². The number of nitrogens with zero attached hydrogens (tertiary/aromatic N) is 4. The minimum atomic E-state index is -4.40. The average Bonchev–Trinajstić information content (AvgIpc) is 3.29. The fourth-order valence-corrected chi connectivity index (χ4v) is 4.18. The van der Waals surface area contributed by atoms with Crippen molar-refractivity contribution in [3.8, 4) is 0 Å². The van der Waals surface area contributed by atoms with Crippen LogP contribution in [0.3, 0.4) is 0 Å². The zero-order chi connectivity index (χ0) is 22.9. The second-order valence-electron chi connectivity index (χ2n) is 8.32. The van der Waals surface area contributed by atoms with Crippen LogP contribution in [-0.2, 0) is 10.9 Å². The number of ether oxygens (including phenoxy) is 1. The summed E-state index contributed by atoms with van der Waals surface area (Å²) in [5, 5.41) is 4.06. The molecule has 2 fully saturated rings. The maximum absolute atomic E-state index is 13.2. The van der Waals surface area contributed by atoms with Gasteiger partial charge in [0, 0.05) is 38.0 Å². The van der Waals surface area contributed by atoms with Crippen molar-refractivity contribution in [2.75, 3.05) is 39.4 Å². The van der Waals surface area contributed by atoms with Gasteiger partial charge in [0.15, 0.2) is 5.82 Å². The highest BCUT2D eigenvalue weighted by Gasteiger charge is 2.37. The van der Waals surface area contributed by atoms with Crippen molar-refractivity contribution in [1.82, 2.24) is 19.9 Å². The van der Waals surface area contributed by atoms with Crippen LogP contribution in [0.5, 0.6) is 0 Å². The molecule has 1 aromatic heterocycles. The Bertz CT molecular complexity index is 932. The number of piperidine rings is 1. The third kappa shape index (κ3) is 5.77. The van der Waals surface area contributed by atoms with Gasteiger partial charge in [-0.05, 0) is 31.0 Å². The average molecular weight is 490 g/mol. The maximum atomic E-state index is 13.2. The number of alkyl halides is 3. The van der Waals surface area contributed by atoms with Gasteiger partial charge in [-0.1, -0.05) is 17.3 Å².